The second-order valence-corrected chi connectivity index (χ2v) is 5.15. The molecule has 114 valence electrons. The third-order valence-corrected chi connectivity index (χ3v) is 2.62. The van der Waals surface area contributed by atoms with E-state index < -0.39 is 0 Å². The fourth-order valence-corrected chi connectivity index (χ4v) is 1.41. The molecule has 0 bridgehead atoms. The predicted molar refractivity (Wildman–Crippen MR) is 82.5 cm³/mol. The molecule has 0 aliphatic rings. The maximum absolute atomic E-state index is 5.54. The van der Waals surface area contributed by atoms with Gasteiger partial charge in [-0.05, 0) is 12.3 Å². The molecule has 7 heteroatoms. The van der Waals surface area contributed by atoms with Crippen molar-refractivity contribution in [1.82, 2.24) is 15.0 Å². The Morgan fingerprint density at radius 1 is 1.10 bits per heavy atom. The van der Waals surface area contributed by atoms with Crippen LogP contribution in [0.3, 0.4) is 0 Å². The first-order valence-electron chi connectivity index (χ1n) is 6.95. The van der Waals surface area contributed by atoms with Crippen LogP contribution >= 0.6 is 0 Å². The molecule has 0 aliphatic carbocycles. The van der Waals surface area contributed by atoms with Crippen molar-refractivity contribution in [2.75, 3.05) is 56.4 Å². The highest BCUT2D eigenvalue weighted by molar-refractivity contribution is 5.42. The lowest BCUT2D eigenvalue weighted by atomic mass is 10.1. The molecule has 0 aromatic carbocycles. The van der Waals surface area contributed by atoms with Gasteiger partial charge in [-0.2, -0.15) is 15.0 Å². The molecule has 7 nitrogen and oxygen atoms in total. The maximum atomic E-state index is 5.54. The molecule has 0 saturated carbocycles. The van der Waals surface area contributed by atoms with Crippen LogP contribution < -0.4 is 15.5 Å². The minimum atomic E-state index is 0.548. The van der Waals surface area contributed by atoms with Crippen LogP contribution in [0.15, 0.2) is 0 Å². The lowest BCUT2D eigenvalue weighted by molar-refractivity contribution is 0.132. The van der Waals surface area contributed by atoms with E-state index >= 15 is 0 Å². The van der Waals surface area contributed by atoms with Crippen LogP contribution in [-0.4, -0.2) is 55.9 Å². The van der Waals surface area contributed by atoms with Gasteiger partial charge >= 0.3 is 0 Å². The Bertz CT molecular complexity index is 396. The standard InChI is InChI=1S/C13H26N6O/c1-10(2)6-8-20-9-7-15-12-16-11(14-3)17-13(18-12)19(4)5/h10H,6-9H2,1-5H3,(H2,14,15,16,17,18). The lowest BCUT2D eigenvalue weighted by Crippen LogP contribution is -2.18. The van der Waals surface area contributed by atoms with Crippen molar-refractivity contribution in [2.45, 2.75) is 20.3 Å². The van der Waals surface area contributed by atoms with Gasteiger partial charge in [0.1, 0.15) is 0 Å². The van der Waals surface area contributed by atoms with Crippen molar-refractivity contribution in [2.24, 2.45) is 5.92 Å². The van der Waals surface area contributed by atoms with Gasteiger partial charge in [-0.1, -0.05) is 13.8 Å². The molecule has 0 unspecified atom stereocenters. The average Bonchev–Trinajstić information content (AvgIpc) is 2.41. The normalized spacial score (nSPS) is 10.7. The summed E-state index contributed by atoms with van der Waals surface area (Å²) in [5.74, 6) is 2.40. The van der Waals surface area contributed by atoms with Gasteiger partial charge in [-0.25, -0.2) is 0 Å². The first kappa shape index (κ1) is 16.4. The highest BCUT2D eigenvalue weighted by atomic mass is 16.5. The Morgan fingerprint density at radius 3 is 2.40 bits per heavy atom. The third-order valence-electron chi connectivity index (χ3n) is 2.62. The summed E-state index contributed by atoms with van der Waals surface area (Å²) in [6, 6.07) is 0. The van der Waals surface area contributed by atoms with Crippen LogP contribution in [0.2, 0.25) is 0 Å². The molecule has 2 N–H and O–H groups in total. The van der Waals surface area contributed by atoms with Crippen LogP contribution in [0, 0.1) is 5.92 Å². The van der Waals surface area contributed by atoms with E-state index in [1.54, 1.807) is 7.05 Å². The lowest BCUT2D eigenvalue weighted by Gasteiger charge is -2.13. The SMILES string of the molecule is CNc1nc(NCCOCCC(C)C)nc(N(C)C)n1. The summed E-state index contributed by atoms with van der Waals surface area (Å²) in [6.45, 7) is 6.49. The summed E-state index contributed by atoms with van der Waals surface area (Å²) >= 11 is 0. The number of nitrogens with zero attached hydrogens (tertiary/aromatic N) is 4. The van der Waals surface area contributed by atoms with Gasteiger partial charge in [0.2, 0.25) is 17.8 Å². The average molecular weight is 282 g/mol. The molecule has 20 heavy (non-hydrogen) atoms. The first-order valence-corrected chi connectivity index (χ1v) is 6.95. The van der Waals surface area contributed by atoms with Gasteiger partial charge in [-0.15, -0.1) is 0 Å². The molecule has 1 heterocycles. The van der Waals surface area contributed by atoms with Crippen LogP contribution in [0.1, 0.15) is 20.3 Å². The van der Waals surface area contributed by atoms with Crippen molar-refractivity contribution < 1.29 is 4.74 Å². The van der Waals surface area contributed by atoms with Crippen LogP contribution in [0.4, 0.5) is 17.8 Å². The van der Waals surface area contributed by atoms with E-state index in [1.807, 2.05) is 19.0 Å². The third kappa shape index (κ3) is 6.01. The number of rotatable bonds is 9. The Hall–Kier alpha value is -1.63. The number of anilines is 3. The largest absolute Gasteiger partial charge is 0.380 e. The topological polar surface area (TPSA) is 75.2 Å². The van der Waals surface area contributed by atoms with Crippen LogP contribution in [0.5, 0.6) is 0 Å². The summed E-state index contributed by atoms with van der Waals surface area (Å²) in [5.41, 5.74) is 0. The molecular formula is C13H26N6O. The summed E-state index contributed by atoms with van der Waals surface area (Å²) in [6.07, 6.45) is 1.08. The van der Waals surface area contributed by atoms with Gasteiger partial charge in [0.25, 0.3) is 0 Å². The van der Waals surface area contributed by atoms with Gasteiger partial charge in [-0.3, -0.25) is 0 Å². The molecule has 0 amide bonds. The summed E-state index contributed by atoms with van der Waals surface area (Å²) in [7, 11) is 5.58. The van der Waals surface area contributed by atoms with E-state index in [0.29, 0.717) is 36.9 Å². The van der Waals surface area contributed by atoms with E-state index in [-0.39, 0.29) is 0 Å². The molecule has 0 aliphatic heterocycles. The summed E-state index contributed by atoms with van der Waals surface area (Å²) in [5, 5.41) is 6.07. The van der Waals surface area contributed by atoms with Gasteiger partial charge in [0.15, 0.2) is 0 Å². The highest BCUT2D eigenvalue weighted by Crippen LogP contribution is 2.10. The Morgan fingerprint density at radius 2 is 1.80 bits per heavy atom. The molecule has 0 radical (unpaired) electrons. The summed E-state index contributed by atoms with van der Waals surface area (Å²) in [4.78, 5) is 14.7. The monoisotopic (exact) mass is 282 g/mol. The molecule has 1 rings (SSSR count). The van der Waals surface area contributed by atoms with E-state index in [2.05, 4.69) is 39.4 Å². The van der Waals surface area contributed by atoms with E-state index in [1.165, 1.54) is 0 Å². The molecular weight excluding hydrogens is 256 g/mol. The molecule has 1 aromatic heterocycles. The maximum Gasteiger partial charge on any atom is 0.231 e. The summed E-state index contributed by atoms with van der Waals surface area (Å²) < 4.78 is 5.54. The van der Waals surface area contributed by atoms with Crippen molar-refractivity contribution in [1.29, 1.82) is 0 Å². The molecule has 1 aromatic rings. The van der Waals surface area contributed by atoms with Gasteiger partial charge in [0.05, 0.1) is 6.61 Å². The van der Waals surface area contributed by atoms with Crippen LogP contribution in [-0.2, 0) is 4.74 Å². The number of hydrogen-bond donors (Lipinski definition) is 2. The van der Waals surface area contributed by atoms with Crippen molar-refractivity contribution >= 4 is 17.8 Å². The first-order chi connectivity index (χ1) is 9.52. The van der Waals surface area contributed by atoms with Crippen molar-refractivity contribution in [3.8, 4) is 0 Å². The Kier molecular flexibility index (Phi) is 7.00. The second-order valence-electron chi connectivity index (χ2n) is 5.15. The zero-order valence-electron chi connectivity index (χ0n) is 13.1. The Labute approximate surface area is 121 Å². The fraction of sp³-hybridized carbons (Fsp3) is 0.769. The number of hydrogen-bond acceptors (Lipinski definition) is 7. The zero-order chi connectivity index (χ0) is 15.0. The van der Waals surface area contributed by atoms with E-state index in [0.717, 1.165) is 13.0 Å². The Balaban J connectivity index is 2.41. The molecule has 0 saturated heterocycles. The van der Waals surface area contributed by atoms with Gasteiger partial charge in [0, 0.05) is 34.3 Å². The molecule has 0 atom stereocenters. The number of nitrogens with one attached hydrogen (secondary N) is 2. The molecule has 0 fully saturated rings. The van der Waals surface area contributed by atoms with Crippen LogP contribution in [0.25, 0.3) is 0 Å². The van der Waals surface area contributed by atoms with Crippen molar-refractivity contribution in [3.05, 3.63) is 0 Å². The highest BCUT2D eigenvalue weighted by Gasteiger charge is 2.06. The van der Waals surface area contributed by atoms with E-state index in [9.17, 15) is 0 Å². The zero-order valence-corrected chi connectivity index (χ0v) is 13.1. The quantitative estimate of drug-likeness (QED) is 0.664. The number of ether oxygens (including phenoxy) is 1. The minimum Gasteiger partial charge on any atom is -0.380 e. The smallest absolute Gasteiger partial charge is 0.231 e. The number of aromatic nitrogens is 3. The van der Waals surface area contributed by atoms with Crippen molar-refractivity contribution in [3.63, 3.8) is 0 Å². The molecule has 0 spiro atoms. The van der Waals surface area contributed by atoms with E-state index in [4.69, 9.17) is 4.74 Å². The van der Waals surface area contributed by atoms with Gasteiger partial charge < -0.3 is 20.3 Å². The minimum absolute atomic E-state index is 0.548. The second kappa shape index (κ2) is 8.52. The fourth-order valence-electron chi connectivity index (χ4n) is 1.41. The predicted octanol–water partition coefficient (Wildman–Crippen LogP) is 1.45.